The van der Waals surface area contributed by atoms with Gasteiger partial charge in [-0.15, -0.1) is 6.58 Å². The number of carbonyl (C=O) groups is 1. The van der Waals surface area contributed by atoms with Gasteiger partial charge in [0, 0.05) is 31.6 Å². The smallest absolute Gasteiger partial charge is 0.341 e. The van der Waals surface area contributed by atoms with Crippen molar-refractivity contribution in [2.24, 2.45) is 7.05 Å². The molecule has 0 aliphatic heterocycles. The monoisotopic (exact) mass is 283 g/mol. The zero-order valence-electron chi connectivity index (χ0n) is 11.5. The molecule has 0 bridgehead atoms. The third-order valence-electron chi connectivity index (χ3n) is 2.51. The molecule has 6 heteroatoms. The Kier molecular flexibility index (Phi) is 7.28. The number of hydrogen-bond acceptors (Lipinski definition) is 5. The first kappa shape index (κ1) is 15.8. The van der Waals surface area contributed by atoms with E-state index in [4.69, 9.17) is 4.74 Å². The lowest BCUT2D eigenvalue weighted by atomic mass is 10.2. The Balaban J connectivity index is 2.46. The Morgan fingerprint density at radius 1 is 1.68 bits per heavy atom. The van der Waals surface area contributed by atoms with Crippen LogP contribution < -0.4 is 5.32 Å². The van der Waals surface area contributed by atoms with Crippen molar-refractivity contribution in [1.82, 2.24) is 15.1 Å². The van der Waals surface area contributed by atoms with Crippen LogP contribution in [-0.2, 0) is 18.3 Å². The second-order valence-electron chi connectivity index (χ2n) is 3.89. The van der Waals surface area contributed by atoms with Gasteiger partial charge in [0.2, 0.25) is 0 Å². The number of nitrogens with zero attached hydrogens (tertiary/aromatic N) is 2. The van der Waals surface area contributed by atoms with E-state index in [0.717, 1.165) is 23.7 Å². The van der Waals surface area contributed by atoms with E-state index in [2.05, 4.69) is 17.0 Å². The molecule has 1 aromatic heterocycles. The molecule has 0 fully saturated rings. The molecule has 0 aliphatic carbocycles. The zero-order chi connectivity index (χ0) is 14.1. The standard InChI is InChI=1S/C13H21N3O2S/c1-4-7-19-8-6-14-10-12-11(9-15-16(12)3)13(17)18-5-2/h4,9,14H,1,5-8,10H2,2-3H3. The summed E-state index contributed by atoms with van der Waals surface area (Å²) in [5.74, 6) is 1.66. The van der Waals surface area contributed by atoms with Gasteiger partial charge in [-0.25, -0.2) is 4.79 Å². The second-order valence-corrected chi connectivity index (χ2v) is 5.04. The van der Waals surface area contributed by atoms with Gasteiger partial charge in [-0.1, -0.05) is 6.08 Å². The topological polar surface area (TPSA) is 56.1 Å². The molecule has 0 spiro atoms. The maximum atomic E-state index is 11.7. The number of ether oxygens (including phenoxy) is 1. The average molecular weight is 283 g/mol. The van der Waals surface area contributed by atoms with Crippen LogP contribution in [0.1, 0.15) is 23.0 Å². The lowest BCUT2D eigenvalue weighted by molar-refractivity contribution is 0.0524. The third kappa shape index (κ3) is 5.08. The summed E-state index contributed by atoms with van der Waals surface area (Å²) in [6, 6.07) is 0. The molecular formula is C13H21N3O2S. The summed E-state index contributed by atoms with van der Waals surface area (Å²) in [6.45, 7) is 7.33. The molecule has 1 N–H and O–H groups in total. The van der Waals surface area contributed by atoms with Crippen LogP contribution in [-0.4, -0.2) is 40.4 Å². The highest BCUT2D eigenvalue weighted by Gasteiger charge is 2.16. The predicted molar refractivity (Wildman–Crippen MR) is 78.4 cm³/mol. The highest BCUT2D eigenvalue weighted by molar-refractivity contribution is 7.99. The molecule has 0 aromatic carbocycles. The molecule has 19 heavy (non-hydrogen) atoms. The van der Waals surface area contributed by atoms with Crippen molar-refractivity contribution in [3.63, 3.8) is 0 Å². The maximum absolute atomic E-state index is 11.7. The van der Waals surface area contributed by atoms with Gasteiger partial charge in [-0.2, -0.15) is 16.9 Å². The molecule has 1 rings (SSSR count). The van der Waals surface area contributed by atoms with Gasteiger partial charge in [0.25, 0.3) is 0 Å². The summed E-state index contributed by atoms with van der Waals surface area (Å²) in [5.41, 5.74) is 1.39. The van der Waals surface area contributed by atoms with Crippen molar-refractivity contribution in [2.45, 2.75) is 13.5 Å². The minimum atomic E-state index is -0.312. The molecule has 0 unspecified atom stereocenters. The predicted octanol–water partition coefficient (Wildman–Crippen LogP) is 1.61. The molecule has 0 aliphatic rings. The van der Waals surface area contributed by atoms with Gasteiger partial charge in [0.05, 0.1) is 18.5 Å². The van der Waals surface area contributed by atoms with E-state index >= 15 is 0 Å². The number of carbonyl (C=O) groups excluding carboxylic acids is 1. The maximum Gasteiger partial charge on any atom is 0.341 e. The van der Waals surface area contributed by atoms with Crippen LogP contribution in [0, 0.1) is 0 Å². The van der Waals surface area contributed by atoms with Gasteiger partial charge in [-0.3, -0.25) is 4.68 Å². The Morgan fingerprint density at radius 2 is 2.47 bits per heavy atom. The van der Waals surface area contributed by atoms with E-state index in [1.54, 1.807) is 17.8 Å². The van der Waals surface area contributed by atoms with E-state index < -0.39 is 0 Å². The van der Waals surface area contributed by atoms with E-state index in [1.807, 2.05) is 24.9 Å². The first-order chi connectivity index (χ1) is 9.20. The molecule has 5 nitrogen and oxygen atoms in total. The first-order valence-corrected chi connectivity index (χ1v) is 7.43. The lowest BCUT2D eigenvalue weighted by Crippen LogP contribution is -2.21. The van der Waals surface area contributed by atoms with Crippen LogP contribution in [0.3, 0.4) is 0 Å². The van der Waals surface area contributed by atoms with E-state index in [9.17, 15) is 4.79 Å². The fourth-order valence-electron chi connectivity index (χ4n) is 1.57. The largest absolute Gasteiger partial charge is 0.462 e. The zero-order valence-corrected chi connectivity index (χ0v) is 12.3. The highest BCUT2D eigenvalue weighted by Crippen LogP contribution is 2.09. The molecule has 0 radical (unpaired) electrons. The fraction of sp³-hybridized carbons (Fsp3) is 0.538. The van der Waals surface area contributed by atoms with Crippen molar-refractivity contribution in [3.05, 3.63) is 30.1 Å². The molecule has 0 saturated heterocycles. The van der Waals surface area contributed by atoms with Crippen LogP contribution in [0.2, 0.25) is 0 Å². The van der Waals surface area contributed by atoms with Crippen LogP contribution in [0.15, 0.2) is 18.9 Å². The molecular weight excluding hydrogens is 262 g/mol. The van der Waals surface area contributed by atoms with Crippen molar-refractivity contribution in [3.8, 4) is 0 Å². The van der Waals surface area contributed by atoms with Gasteiger partial charge in [0.15, 0.2) is 0 Å². The van der Waals surface area contributed by atoms with E-state index in [-0.39, 0.29) is 5.97 Å². The number of aromatic nitrogens is 2. The summed E-state index contributed by atoms with van der Waals surface area (Å²) in [7, 11) is 1.83. The SMILES string of the molecule is C=CCSCCNCc1c(C(=O)OCC)cnn1C. The highest BCUT2D eigenvalue weighted by atomic mass is 32.2. The van der Waals surface area contributed by atoms with Crippen LogP contribution in [0.5, 0.6) is 0 Å². The minimum absolute atomic E-state index is 0.312. The van der Waals surface area contributed by atoms with E-state index in [1.165, 1.54) is 0 Å². The Hall–Kier alpha value is -1.27. The summed E-state index contributed by atoms with van der Waals surface area (Å²) in [4.78, 5) is 11.7. The first-order valence-electron chi connectivity index (χ1n) is 6.28. The summed E-state index contributed by atoms with van der Waals surface area (Å²) in [6.07, 6.45) is 3.45. The van der Waals surface area contributed by atoms with Crippen molar-refractivity contribution in [1.29, 1.82) is 0 Å². The molecule has 106 valence electrons. The second kappa shape index (κ2) is 8.77. The Morgan fingerprint density at radius 3 is 3.16 bits per heavy atom. The van der Waals surface area contributed by atoms with Gasteiger partial charge < -0.3 is 10.1 Å². The van der Waals surface area contributed by atoms with Gasteiger partial charge >= 0.3 is 5.97 Å². The van der Waals surface area contributed by atoms with Gasteiger partial charge in [-0.05, 0) is 6.92 Å². The van der Waals surface area contributed by atoms with Crippen LogP contribution in [0.25, 0.3) is 0 Å². The molecule has 0 saturated carbocycles. The number of hydrogen-bond donors (Lipinski definition) is 1. The van der Waals surface area contributed by atoms with Crippen LogP contribution in [0.4, 0.5) is 0 Å². The quantitative estimate of drug-likeness (QED) is 0.424. The summed E-state index contributed by atoms with van der Waals surface area (Å²) < 4.78 is 6.71. The Bertz CT molecular complexity index is 418. The summed E-state index contributed by atoms with van der Waals surface area (Å²) >= 11 is 1.82. The van der Waals surface area contributed by atoms with Crippen molar-refractivity contribution >= 4 is 17.7 Å². The average Bonchev–Trinajstić information content (AvgIpc) is 2.76. The number of rotatable bonds is 9. The fourth-order valence-corrected chi connectivity index (χ4v) is 2.19. The number of thioether (sulfide) groups is 1. The summed E-state index contributed by atoms with van der Waals surface area (Å²) in [5, 5.41) is 7.41. The number of esters is 1. The van der Waals surface area contributed by atoms with Crippen molar-refractivity contribution in [2.75, 3.05) is 24.7 Å². The third-order valence-corrected chi connectivity index (χ3v) is 3.47. The number of nitrogens with one attached hydrogen (secondary N) is 1. The lowest BCUT2D eigenvalue weighted by Gasteiger charge is -2.07. The van der Waals surface area contributed by atoms with Gasteiger partial charge in [0.1, 0.15) is 5.56 Å². The van der Waals surface area contributed by atoms with Crippen LogP contribution >= 0.6 is 11.8 Å². The van der Waals surface area contributed by atoms with E-state index in [0.29, 0.717) is 18.7 Å². The minimum Gasteiger partial charge on any atom is -0.462 e. The normalized spacial score (nSPS) is 10.4. The molecule has 0 atom stereocenters. The molecule has 1 aromatic rings. The van der Waals surface area contributed by atoms with Crippen molar-refractivity contribution < 1.29 is 9.53 Å². The number of aryl methyl sites for hydroxylation is 1. The molecule has 0 amide bonds. The Labute approximate surface area is 118 Å². The molecule has 1 heterocycles.